The zero-order valence-electron chi connectivity index (χ0n) is 15.5. The summed E-state index contributed by atoms with van der Waals surface area (Å²) in [4.78, 5) is 15.4. The van der Waals surface area contributed by atoms with Gasteiger partial charge in [0.25, 0.3) is 5.91 Å². The summed E-state index contributed by atoms with van der Waals surface area (Å²) in [7, 11) is 0. The lowest BCUT2D eigenvalue weighted by atomic mass is 9.80. The Morgan fingerprint density at radius 3 is 2.52 bits per heavy atom. The second kappa shape index (κ2) is 7.47. The van der Waals surface area contributed by atoms with E-state index in [9.17, 15) is 4.79 Å². The number of anilines is 1. The summed E-state index contributed by atoms with van der Waals surface area (Å²) < 4.78 is 1.08. The van der Waals surface area contributed by atoms with E-state index < -0.39 is 0 Å². The summed E-state index contributed by atoms with van der Waals surface area (Å²) in [5.74, 6) is 0.397. The lowest BCUT2D eigenvalue weighted by Gasteiger charge is -2.40. The molecule has 2 nitrogen and oxygen atoms in total. The Kier molecular flexibility index (Phi) is 5.04. The second-order valence-electron chi connectivity index (χ2n) is 7.30. The van der Waals surface area contributed by atoms with Gasteiger partial charge in [0.2, 0.25) is 0 Å². The molecule has 27 heavy (non-hydrogen) atoms. The van der Waals surface area contributed by atoms with Crippen LogP contribution in [0.5, 0.6) is 0 Å². The summed E-state index contributed by atoms with van der Waals surface area (Å²) >= 11 is 2.26. The first-order valence-electron chi connectivity index (χ1n) is 9.29. The third kappa shape index (κ3) is 3.53. The van der Waals surface area contributed by atoms with Gasteiger partial charge in [-0.05, 0) is 78.3 Å². The molecule has 4 rings (SSSR count). The smallest absolute Gasteiger partial charge is 0.258 e. The van der Waals surface area contributed by atoms with Crippen LogP contribution in [0, 0.1) is 10.5 Å². The van der Waals surface area contributed by atoms with Gasteiger partial charge in [-0.3, -0.25) is 4.79 Å². The molecule has 1 amide bonds. The fraction of sp³-hybridized carbons (Fsp3) is 0.208. The highest BCUT2D eigenvalue weighted by Gasteiger charge is 2.34. The van der Waals surface area contributed by atoms with Gasteiger partial charge in [0.15, 0.2) is 0 Å². The molecule has 0 fully saturated rings. The number of aryl methyl sites for hydroxylation is 1. The Labute approximate surface area is 174 Å². The zero-order valence-corrected chi connectivity index (χ0v) is 17.7. The minimum Gasteiger partial charge on any atom is -0.305 e. The summed E-state index contributed by atoms with van der Waals surface area (Å²) in [6.45, 7) is 4.27. The lowest BCUT2D eigenvalue weighted by molar-refractivity contribution is 0.0974. The molecule has 0 spiro atoms. The van der Waals surface area contributed by atoms with Gasteiger partial charge in [-0.15, -0.1) is 0 Å². The van der Waals surface area contributed by atoms with Crippen molar-refractivity contribution in [2.45, 2.75) is 32.2 Å². The van der Waals surface area contributed by atoms with Gasteiger partial charge in [0, 0.05) is 26.8 Å². The van der Waals surface area contributed by atoms with Crippen molar-refractivity contribution in [2.24, 2.45) is 0 Å². The first kappa shape index (κ1) is 18.2. The molecule has 3 heteroatoms. The third-order valence-corrected chi connectivity index (χ3v) is 6.00. The number of carbonyl (C=O) groups excluding carboxylic acids is 1. The van der Waals surface area contributed by atoms with Crippen molar-refractivity contribution in [2.75, 3.05) is 4.90 Å². The van der Waals surface area contributed by atoms with Gasteiger partial charge < -0.3 is 4.90 Å². The van der Waals surface area contributed by atoms with Crippen LogP contribution in [0.3, 0.4) is 0 Å². The average molecular weight is 467 g/mol. The minimum absolute atomic E-state index is 0.0811. The Morgan fingerprint density at radius 2 is 1.78 bits per heavy atom. The van der Waals surface area contributed by atoms with E-state index in [1.54, 1.807) is 0 Å². The molecule has 0 saturated carbocycles. The Morgan fingerprint density at radius 1 is 1.00 bits per heavy atom. The van der Waals surface area contributed by atoms with Crippen molar-refractivity contribution in [1.29, 1.82) is 0 Å². The van der Waals surface area contributed by atoms with Crippen LogP contribution < -0.4 is 4.90 Å². The fourth-order valence-corrected chi connectivity index (χ4v) is 4.60. The van der Waals surface area contributed by atoms with Crippen LogP contribution in [-0.4, -0.2) is 11.9 Å². The molecule has 0 bridgehead atoms. The number of hydrogen-bond donors (Lipinski definition) is 0. The highest BCUT2D eigenvalue weighted by atomic mass is 127. The van der Waals surface area contributed by atoms with E-state index in [1.165, 1.54) is 16.7 Å². The zero-order chi connectivity index (χ0) is 19.0. The molecule has 0 unspecified atom stereocenters. The van der Waals surface area contributed by atoms with Crippen LogP contribution >= 0.6 is 22.6 Å². The molecule has 2 atom stereocenters. The molecule has 0 radical (unpaired) electrons. The van der Waals surface area contributed by atoms with E-state index in [1.807, 2.05) is 29.2 Å². The van der Waals surface area contributed by atoms with E-state index in [4.69, 9.17) is 0 Å². The Balaban J connectivity index is 1.81. The SMILES string of the molecule is Cc1ccc2c(c1)[C@@H](c1ccccc1)C[C@H](C)N2C(=O)c1cccc(I)c1. The van der Waals surface area contributed by atoms with Gasteiger partial charge in [-0.2, -0.15) is 0 Å². The van der Waals surface area contributed by atoms with Crippen LogP contribution in [-0.2, 0) is 0 Å². The monoisotopic (exact) mass is 467 g/mol. The standard InChI is InChI=1S/C24H22INO/c1-16-11-12-23-22(13-16)21(18-7-4-3-5-8-18)14-17(2)26(23)24(27)19-9-6-10-20(25)15-19/h3-13,15,17,21H,14H2,1-2H3/t17-,21+/m0/s1. The number of nitrogens with zero attached hydrogens (tertiary/aromatic N) is 1. The third-order valence-electron chi connectivity index (χ3n) is 5.33. The molecule has 136 valence electrons. The number of amides is 1. The summed E-state index contributed by atoms with van der Waals surface area (Å²) in [5.41, 5.74) is 5.58. The quantitative estimate of drug-likeness (QED) is 0.413. The van der Waals surface area contributed by atoms with E-state index in [0.29, 0.717) is 5.92 Å². The fourth-order valence-electron chi connectivity index (χ4n) is 4.05. The number of halogens is 1. The first-order valence-corrected chi connectivity index (χ1v) is 10.4. The molecule has 1 aliphatic heterocycles. The molecular weight excluding hydrogens is 445 g/mol. The number of carbonyl (C=O) groups is 1. The van der Waals surface area contributed by atoms with Crippen LogP contribution in [0.25, 0.3) is 0 Å². The van der Waals surface area contributed by atoms with Crippen molar-refractivity contribution < 1.29 is 4.79 Å². The lowest BCUT2D eigenvalue weighted by Crippen LogP contribution is -2.43. The van der Waals surface area contributed by atoms with Crippen molar-refractivity contribution in [1.82, 2.24) is 0 Å². The van der Waals surface area contributed by atoms with E-state index in [2.05, 4.69) is 85.0 Å². The predicted octanol–water partition coefficient (Wildman–Crippen LogP) is 6.17. The summed E-state index contributed by atoms with van der Waals surface area (Å²) in [5, 5.41) is 0. The number of fused-ring (bicyclic) bond motifs is 1. The summed E-state index contributed by atoms with van der Waals surface area (Å²) in [6, 6.07) is 25.1. The van der Waals surface area contributed by atoms with E-state index in [-0.39, 0.29) is 11.9 Å². The molecule has 3 aromatic carbocycles. The normalized spacial score (nSPS) is 18.9. The van der Waals surface area contributed by atoms with Crippen molar-refractivity contribution in [3.63, 3.8) is 0 Å². The molecule has 3 aromatic rings. The van der Waals surface area contributed by atoms with Crippen molar-refractivity contribution >= 4 is 34.2 Å². The number of benzene rings is 3. The van der Waals surface area contributed by atoms with Gasteiger partial charge in [-0.25, -0.2) is 0 Å². The topological polar surface area (TPSA) is 20.3 Å². The maximum atomic E-state index is 13.4. The first-order chi connectivity index (χ1) is 13.0. The van der Waals surface area contributed by atoms with Crippen LogP contribution in [0.15, 0.2) is 72.8 Å². The average Bonchev–Trinajstić information content (AvgIpc) is 2.68. The van der Waals surface area contributed by atoms with Gasteiger partial charge in [0.05, 0.1) is 0 Å². The van der Waals surface area contributed by atoms with E-state index in [0.717, 1.165) is 21.2 Å². The highest BCUT2D eigenvalue weighted by molar-refractivity contribution is 14.1. The number of hydrogen-bond acceptors (Lipinski definition) is 1. The largest absolute Gasteiger partial charge is 0.305 e. The maximum Gasteiger partial charge on any atom is 0.258 e. The maximum absolute atomic E-state index is 13.4. The van der Waals surface area contributed by atoms with Crippen molar-refractivity contribution in [3.05, 3.63) is 98.6 Å². The molecular formula is C24H22INO. The highest BCUT2D eigenvalue weighted by Crippen LogP contribution is 2.43. The van der Waals surface area contributed by atoms with Crippen LogP contribution in [0.2, 0.25) is 0 Å². The van der Waals surface area contributed by atoms with Crippen molar-refractivity contribution in [3.8, 4) is 0 Å². The Bertz CT molecular complexity index is 983. The number of rotatable bonds is 2. The predicted molar refractivity (Wildman–Crippen MR) is 120 cm³/mol. The molecule has 1 heterocycles. The molecule has 0 N–H and O–H groups in total. The summed E-state index contributed by atoms with van der Waals surface area (Å²) in [6.07, 6.45) is 0.927. The van der Waals surface area contributed by atoms with E-state index >= 15 is 0 Å². The molecule has 0 aliphatic carbocycles. The second-order valence-corrected chi connectivity index (χ2v) is 8.54. The molecule has 0 saturated heterocycles. The van der Waals surface area contributed by atoms with Crippen LogP contribution in [0.4, 0.5) is 5.69 Å². The molecule has 1 aliphatic rings. The van der Waals surface area contributed by atoms with Gasteiger partial charge >= 0.3 is 0 Å². The van der Waals surface area contributed by atoms with Gasteiger partial charge in [0.1, 0.15) is 0 Å². The van der Waals surface area contributed by atoms with Gasteiger partial charge in [-0.1, -0.05) is 54.1 Å². The van der Waals surface area contributed by atoms with Crippen LogP contribution in [0.1, 0.15) is 46.3 Å². The minimum atomic E-state index is 0.0811. The molecule has 0 aromatic heterocycles. The Hall–Kier alpha value is -2.14.